The molecular weight excluding hydrogens is 422 g/mol. The van der Waals surface area contributed by atoms with E-state index in [0.29, 0.717) is 0 Å². The molecule has 0 aliphatic heterocycles. The fraction of sp³-hybridized carbons (Fsp3) is 0.133. The quantitative estimate of drug-likeness (QED) is 0.430. The molecule has 146 valence electrons. The fourth-order valence-corrected chi connectivity index (χ4v) is 2.66. The Morgan fingerprint density at radius 2 is 1.48 bits per heavy atom. The highest BCUT2D eigenvalue weighted by Gasteiger charge is 2.31. The van der Waals surface area contributed by atoms with Gasteiger partial charge in [-0.2, -0.15) is 13.2 Å². The van der Waals surface area contributed by atoms with E-state index in [1.54, 1.807) is 0 Å². The molecular formula is C15H9ClF6N2O2S. The monoisotopic (exact) mass is 430 g/mol. The Morgan fingerprint density at radius 3 is 2.00 bits per heavy atom. The van der Waals surface area contributed by atoms with Gasteiger partial charge in [-0.05, 0) is 54.2 Å². The van der Waals surface area contributed by atoms with E-state index < -0.39 is 23.7 Å². The lowest BCUT2D eigenvalue weighted by molar-refractivity contribution is -0.274. The van der Waals surface area contributed by atoms with Crippen molar-refractivity contribution in [2.75, 3.05) is 10.6 Å². The van der Waals surface area contributed by atoms with Gasteiger partial charge in [-0.3, -0.25) is 0 Å². The maximum atomic E-state index is 12.3. The minimum atomic E-state index is -4.83. The summed E-state index contributed by atoms with van der Waals surface area (Å²) in [6.45, 7) is 0. The number of urea groups is 1. The number of ether oxygens (including phenoxy) is 1. The first-order valence-electron chi connectivity index (χ1n) is 6.90. The van der Waals surface area contributed by atoms with Crippen LogP contribution in [0.1, 0.15) is 0 Å². The van der Waals surface area contributed by atoms with Gasteiger partial charge in [-0.15, -0.1) is 13.2 Å². The smallest absolute Gasteiger partial charge is 0.406 e. The second-order valence-electron chi connectivity index (χ2n) is 4.84. The molecule has 0 radical (unpaired) electrons. The molecule has 2 amide bonds. The number of hydrogen-bond donors (Lipinski definition) is 2. The molecule has 27 heavy (non-hydrogen) atoms. The summed E-state index contributed by atoms with van der Waals surface area (Å²) < 4.78 is 76.9. The predicted molar refractivity (Wildman–Crippen MR) is 89.1 cm³/mol. The van der Waals surface area contributed by atoms with Crippen molar-refractivity contribution in [1.29, 1.82) is 0 Å². The molecule has 0 saturated heterocycles. The van der Waals surface area contributed by atoms with E-state index in [9.17, 15) is 31.1 Å². The van der Waals surface area contributed by atoms with E-state index >= 15 is 0 Å². The number of hydrogen-bond acceptors (Lipinski definition) is 3. The molecule has 0 aliphatic carbocycles. The Labute approximate surface area is 157 Å². The van der Waals surface area contributed by atoms with Gasteiger partial charge < -0.3 is 15.4 Å². The van der Waals surface area contributed by atoms with Gasteiger partial charge in [0.1, 0.15) is 5.75 Å². The van der Waals surface area contributed by atoms with Crippen LogP contribution in [-0.4, -0.2) is 17.9 Å². The Hall–Kier alpha value is -2.27. The summed E-state index contributed by atoms with van der Waals surface area (Å²) in [5.41, 5.74) is -4.21. The molecule has 0 aromatic heterocycles. The number of alkyl halides is 6. The third-order valence-corrected chi connectivity index (χ3v) is 3.99. The van der Waals surface area contributed by atoms with Crippen LogP contribution in [-0.2, 0) is 0 Å². The lowest BCUT2D eigenvalue weighted by Gasteiger charge is -2.12. The van der Waals surface area contributed by atoms with Crippen LogP contribution >= 0.6 is 23.4 Å². The molecule has 0 spiro atoms. The van der Waals surface area contributed by atoms with Crippen LogP contribution in [0.25, 0.3) is 0 Å². The zero-order valence-electron chi connectivity index (χ0n) is 12.9. The Morgan fingerprint density at radius 1 is 0.926 bits per heavy atom. The molecule has 2 aromatic rings. The molecule has 2 rings (SSSR count). The molecule has 0 unspecified atom stereocenters. The highest BCUT2D eigenvalue weighted by atomic mass is 35.5. The van der Waals surface area contributed by atoms with Crippen LogP contribution in [0.3, 0.4) is 0 Å². The van der Waals surface area contributed by atoms with Crippen molar-refractivity contribution in [1.82, 2.24) is 0 Å². The van der Waals surface area contributed by atoms with Crippen LogP contribution in [0.2, 0.25) is 5.02 Å². The first kappa shape index (κ1) is 21.0. The summed E-state index contributed by atoms with van der Waals surface area (Å²) >= 11 is 5.36. The van der Waals surface area contributed by atoms with Gasteiger partial charge in [-0.25, -0.2) is 4.79 Å². The summed E-state index contributed by atoms with van der Waals surface area (Å²) in [6.07, 6.45) is -4.83. The molecule has 0 bridgehead atoms. The van der Waals surface area contributed by atoms with Gasteiger partial charge in [0.15, 0.2) is 0 Å². The summed E-state index contributed by atoms with van der Waals surface area (Å²) in [5.74, 6) is -0.460. The van der Waals surface area contributed by atoms with Crippen molar-refractivity contribution in [3.63, 3.8) is 0 Å². The topological polar surface area (TPSA) is 50.4 Å². The molecule has 4 nitrogen and oxygen atoms in total. The van der Waals surface area contributed by atoms with Gasteiger partial charge in [-0.1, -0.05) is 11.6 Å². The highest BCUT2D eigenvalue weighted by Crippen LogP contribution is 2.40. The maximum Gasteiger partial charge on any atom is 0.573 e. The number of nitrogens with one attached hydrogen (secondary N) is 2. The second-order valence-corrected chi connectivity index (χ2v) is 6.36. The molecule has 2 N–H and O–H groups in total. The van der Waals surface area contributed by atoms with Crippen molar-refractivity contribution < 1.29 is 35.9 Å². The lowest BCUT2D eigenvalue weighted by Crippen LogP contribution is -2.19. The molecule has 0 atom stereocenters. The van der Waals surface area contributed by atoms with Crippen molar-refractivity contribution in [3.05, 3.63) is 47.5 Å². The van der Waals surface area contributed by atoms with Gasteiger partial charge in [0.2, 0.25) is 0 Å². The Bertz CT molecular complexity index is 811. The van der Waals surface area contributed by atoms with E-state index in [0.717, 1.165) is 24.3 Å². The van der Waals surface area contributed by atoms with Crippen molar-refractivity contribution in [2.45, 2.75) is 16.8 Å². The molecule has 0 saturated carbocycles. The Kier molecular flexibility index (Phi) is 6.37. The second kappa shape index (κ2) is 8.17. The first-order valence-corrected chi connectivity index (χ1v) is 8.10. The number of benzene rings is 2. The van der Waals surface area contributed by atoms with Crippen LogP contribution in [0.4, 0.5) is 42.5 Å². The fourth-order valence-electron chi connectivity index (χ4n) is 1.82. The minimum Gasteiger partial charge on any atom is -0.406 e. The van der Waals surface area contributed by atoms with Crippen LogP contribution in [0.15, 0.2) is 47.4 Å². The third kappa shape index (κ3) is 7.47. The average molecular weight is 431 g/mol. The largest absolute Gasteiger partial charge is 0.573 e. The van der Waals surface area contributed by atoms with Gasteiger partial charge in [0.05, 0.1) is 5.02 Å². The summed E-state index contributed by atoms with van der Waals surface area (Å²) in [7, 11) is 0. The summed E-state index contributed by atoms with van der Waals surface area (Å²) in [4.78, 5) is 11.6. The number of amides is 2. The average Bonchev–Trinajstić information content (AvgIpc) is 2.49. The molecule has 0 heterocycles. The minimum absolute atomic E-state index is 0.126. The normalized spacial score (nSPS) is 11.8. The SMILES string of the molecule is O=C(Nc1ccc(OC(F)(F)F)cc1)Nc1ccc(SC(F)(F)F)c(Cl)c1. The first-order chi connectivity index (χ1) is 12.4. The summed E-state index contributed by atoms with van der Waals surface area (Å²) in [6, 6.07) is 7.04. The van der Waals surface area contributed by atoms with E-state index in [1.165, 1.54) is 18.2 Å². The third-order valence-electron chi connectivity index (χ3n) is 2.76. The number of carbonyl (C=O) groups excluding carboxylic acids is 1. The van der Waals surface area contributed by atoms with E-state index in [-0.39, 0.29) is 33.1 Å². The highest BCUT2D eigenvalue weighted by molar-refractivity contribution is 8.00. The summed E-state index contributed by atoms with van der Waals surface area (Å²) in [5, 5.41) is 4.47. The molecule has 2 aromatic carbocycles. The standard InChI is InChI=1S/C15H9ClF6N2O2S/c16-11-7-9(3-6-12(11)27-15(20,21)22)24-13(25)23-8-1-4-10(5-2-8)26-14(17,18)19/h1-7H,(H2,23,24,25). The maximum absolute atomic E-state index is 12.3. The molecule has 0 fully saturated rings. The number of anilines is 2. The van der Waals surface area contributed by atoms with E-state index in [4.69, 9.17) is 11.6 Å². The van der Waals surface area contributed by atoms with Crippen molar-refractivity contribution in [2.24, 2.45) is 0 Å². The van der Waals surface area contributed by atoms with Crippen LogP contribution in [0.5, 0.6) is 5.75 Å². The van der Waals surface area contributed by atoms with Crippen molar-refractivity contribution >= 4 is 40.8 Å². The van der Waals surface area contributed by atoms with Crippen LogP contribution < -0.4 is 15.4 Å². The van der Waals surface area contributed by atoms with E-state index in [1.807, 2.05) is 0 Å². The van der Waals surface area contributed by atoms with E-state index in [2.05, 4.69) is 15.4 Å². The number of thioether (sulfide) groups is 1. The molecule has 12 heteroatoms. The Balaban J connectivity index is 1.96. The zero-order chi connectivity index (χ0) is 20.2. The van der Waals surface area contributed by atoms with Gasteiger partial charge in [0.25, 0.3) is 0 Å². The predicted octanol–water partition coefficient (Wildman–Crippen LogP) is 6.49. The number of halogens is 7. The number of carbonyl (C=O) groups is 1. The number of rotatable bonds is 4. The van der Waals surface area contributed by atoms with Crippen molar-refractivity contribution in [3.8, 4) is 5.75 Å². The van der Waals surface area contributed by atoms with Gasteiger partial charge >= 0.3 is 17.9 Å². The lowest BCUT2D eigenvalue weighted by atomic mass is 10.3. The van der Waals surface area contributed by atoms with Crippen LogP contribution in [0, 0.1) is 0 Å². The zero-order valence-corrected chi connectivity index (χ0v) is 14.5. The molecule has 0 aliphatic rings. The van der Waals surface area contributed by atoms with Gasteiger partial charge in [0, 0.05) is 16.3 Å².